The molecule has 1 atom stereocenters. The van der Waals surface area contributed by atoms with E-state index in [9.17, 15) is 9.59 Å². The molecular weight excluding hydrogens is 248 g/mol. The van der Waals surface area contributed by atoms with Gasteiger partial charge >= 0.3 is 0 Å². The van der Waals surface area contributed by atoms with Crippen molar-refractivity contribution in [1.29, 1.82) is 0 Å². The van der Waals surface area contributed by atoms with Gasteiger partial charge in [-0.3, -0.25) is 9.59 Å². The van der Waals surface area contributed by atoms with Crippen molar-refractivity contribution in [3.8, 4) is 0 Å². The normalized spacial score (nSPS) is 19.9. The van der Waals surface area contributed by atoms with Crippen LogP contribution in [0.3, 0.4) is 0 Å². The van der Waals surface area contributed by atoms with E-state index < -0.39 is 0 Å². The molecule has 6 nitrogen and oxygen atoms in total. The van der Waals surface area contributed by atoms with Crippen molar-refractivity contribution in [1.82, 2.24) is 9.80 Å². The molecule has 1 aliphatic heterocycles. The highest BCUT2D eigenvalue weighted by atomic mass is 16.5. The summed E-state index contributed by atoms with van der Waals surface area (Å²) in [4.78, 5) is 27.1. The molecule has 1 unspecified atom stereocenters. The van der Waals surface area contributed by atoms with Crippen LogP contribution in [-0.4, -0.2) is 75.2 Å². The number of hydrogen-bond donors (Lipinski definition) is 0. The molecule has 0 spiro atoms. The molecule has 110 valence electrons. The fourth-order valence-electron chi connectivity index (χ4n) is 2.36. The SMILES string of the molecule is COCC(=O)N1CCCC(N(C)C(=O)COC)CC1. The number of hydrogen-bond acceptors (Lipinski definition) is 4. The zero-order valence-electron chi connectivity index (χ0n) is 12.1. The number of carbonyl (C=O) groups excluding carboxylic acids is 2. The Bertz CT molecular complexity index is 309. The average Bonchev–Trinajstić information content (AvgIpc) is 2.64. The maximum Gasteiger partial charge on any atom is 0.248 e. The molecule has 6 heteroatoms. The van der Waals surface area contributed by atoms with Crippen LogP contribution in [0.15, 0.2) is 0 Å². The van der Waals surface area contributed by atoms with Gasteiger partial charge in [0.05, 0.1) is 0 Å². The second-order valence-electron chi connectivity index (χ2n) is 4.84. The number of methoxy groups -OCH3 is 2. The maximum absolute atomic E-state index is 11.8. The Morgan fingerprint density at radius 1 is 1.16 bits per heavy atom. The van der Waals surface area contributed by atoms with Crippen molar-refractivity contribution in [2.45, 2.75) is 25.3 Å². The number of ether oxygens (including phenoxy) is 2. The third-order valence-electron chi connectivity index (χ3n) is 3.53. The molecule has 1 rings (SSSR count). The van der Waals surface area contributed by atoms with E-state index in [0.717, 1.165) is 25.8 Å². The van der Waals surface area contributed by atoms with Crippen LogP contribution in [0.2, 0.25) is 0 Å². The minimum absolute atomic E-state index is 0.0100. The molecule has 1 fully saturated rings. The fourth-order valence-corrected chi connectivity index (χ4v) is 2.36. The Morgan fingerprint density at radius 3 is 2.47 bits per heavy atom. The van der Waals surface area contributed by atoms with Gasteiger partial charge in [-0.25, -0.2) is 0 Å². The Balaban J connectivity index is 2.49. The summed E-state index contributed by atoms with van der Waals surface area (Å²) in [5.41, 5.74) is 0. The molecule has 0 radical (unpaired) electrons. The number of amides is 2. The van der Waals surface area contributed by atoms with Crippen molar-refractivity contribution in [3.05, 3.63) is 0 Å². The molecule has 0 saturated carbocycles. The van der Waals surface area contributed by atoms with Gasteiger partial charge in [0.2, 0.25) is 11.8 Å². The van der Waals surface area contributed by atoms with Crippen LogP contribution in [0.25, 0.3) is 0 Å². The predicted molar refractivity (Wildman–Crippen MR) is 70.7 cm³/mol. The molecule has 2 amide bonds. The summed E-state index contributed by atoms with van der Waals surface area (Å²) in [6, 6.07) is 0.183. The minimum Gasteiger partial charge on any atom is -0.375 e. The fraction of sp³-hybridized carbons (Fsp3) is 0.846. The lowest BCUT2D eigenvalue weighted by atomic mass is 10.1. The smallest absolute Gasteiger partial charge is 0.248 e. The first kappa shape index (κ1) is 15.9. The quantitative estimate of drug-likeness (QED) is 0.713. The number of rotatable bonds is 5. The monoisotopic (exact) mass is 272 g/mol. The Kier molecular flexibility index (Phi) is 6.80. The van der Waals surface area contributed by atoms with E-state index in [1.54, 1.807) is 11.9 Å². The molecule has 0 N–H and O–H groups in total. The lowest BCUT2D eigenvalue weighted by Gasteiger charge is -2.27. The highest BCUT2D eigenvalue weighted by molar-refractivity contribution is 5.78. The van der Waals surface area contributed by atoms with Gasteiger partial charge in [-0.15, -0.1) is 0 Å². The van der Waals surface area contributed by atoms with E-state index in [-0.39, 0.29) is 31.1 Å². The summed E-state index contributed by atoms with van der Waals surface area (Å²) in [7, 11) is 4.85. The van der Waals surface area contributed by atoms with E-state index in [4.69, 9.17) is 9.47 Å². The largest absolute Gasteiger partial charge is 0.375 e. The van der Waals surface area contributed by atoms with Crippen LogP contribution in [0.5, 0.6) is 0 Å². The zero-order valence-corrected chi connectivity index (χ0v) is 12.1. The summed E-state index contributed by atoms with van der Waals surface area (Å²) in [5, 5.41) is 0. The molecule has 0 aromatic rings. The first-order valence-corrected chi connectivity index (χ1v) is 6.61. The van der Waals surface area contributed by atoms with Crippen LogP contribution < -0.4 is 0 Å². The van der Waals surface area contributed by atoms with Gasteiger partial charge in [-0.2, -0.15) is 0 Å². The molecule has 1 saturated heterocycles. The van der Waals surface area contributed by atoms with Crippen LogP contribution in [0, 0.1) is 0 Å². The average molecular weight is 272 g/mol. The highest BCUT2D eigenvalue weighted by Crippen LogP contribution is 2.16. The van der Waals surface area contributed by atoms with Gasteiger partial charge in [-0.05, 0) is 19.3 Å². The highest BCUT2D eigenvalue weighted by Gasteiger charge is 2.25. The van der Waals surface area contributed by atoms with Crippen LogP contribution >= 0.6 is 0 Å². The van der Waals surface area contributed by atoms with E-state index in [1.807, 2.05) is 4.90 Å². The minimum atomic E-state index is -0.0100. The molecular formula is C13H24N2O4. The summed E-state index contributed by atoms with van der Waals surface area (Å²) in [6.45, 7) is 1.66. The molecule has 1 heterocycles. The van der Waals surface area contributed by atoms with Gasteiger partial charge in [0.25, 0.3) is 0 Å². The molecule has 1 aliphatic rings. The number of carbonyl (C=O) groups is 2. The van der Waals surface area contributed by atoms with Gasteiger partial charge in [0.15, 0.2) is 0 Å². The Morgan fingerprint density at radius 2 is 1.84 bits per heavy atom. The second-order valence-corrected chi connectivity index (χ2v) is 4.84. The number of likely N-dealkylation sites (tertiary alicyclic amines) is 1. The standard InChI is InChI=1S/C13H24N2O4/c1-14(12(16)9-18-2)11-5-4-7-15(8-6-11)13(17)10-19-3/h11H,4-10H2,1-3H3. The van der Waals surface area contributed by atoms with Crippen molar-refractivity contribution in [2.75, 3.05) is 47.6 Å². The van der Waals surface area contributed by atoms with Crippen molar-refractivity contribution >= 4 is 11.8 Å². The maximum atomic E-state index is 11.8. The lowest BCUT2D eigenvalue weighted by Crippen LogP contribution is -2.40. The molecule has 0 aromatic heterocycles. The third kappa shape index (κ3) is 4.80. The van der Waals surface area contributed by atoms with E-state index >= 15 is 0 Å². The van der Waals surface area contributed by atoms with Gasteiger partial charge in [-0.1, -0.05) is 0 Å². The Hall–Kier alpha value is -1.14. The van der Waals surface area contributed by atoms with Crippen LogP contribution in [0.4, 0.5) is 0 Å². The molecule has 0 aliphatic carbocycles. The van der Waals surface area contributed by atoms with Crippen molar-refractivity contribution in [3.63, 3.8) is 0 Å². The van der Waals surface area contributed by atoms with E-state index in [1.165, 1.54) is 14.2 Å². The summed E-state index contributed by atoms with van der Waals surface area (Å²) in [6.07, 6.45) is 2.63. The summed E-state index contributed by atoms with van der Waals surface area (Å²) in [5.74, 6) is 0.0122. The zero-order chi connectivity index (χ0) is 14.3. The summed E-state index contributed by atoms with van der Waals surface area (Å²) >= 11 is 0. The lowest BCUT2D eigenvalue weighted by molar-refractivity contribution is -0.136. The van der Waals surface area contributed by atoms with Gasteiger partial charge < -0.3 is 19.3 Å². The first-order valence-electron chi connectivity index (χ1n) is 6.61. The molecule has 0 bridgehead atoms. The topological polar surface area (TPSA) is 59.1 Å². The predicted octanol–water partition coefficient (Wildman–Crippen LogP) is 0.119. The van der Waals surface area contributed by atoms with Crippen LogP contribution in [0.1, 0.15) is 19.3 Å². The van der Waals surface area contributed by atoms with Crippen LogP contribution in [-0.2, 0) is 19.1 Å². The van der Waals surface area contributed by atoms with E-state index in [0.29, 0.717) is 6.54 Å². The van der Waals surface area contributed by atoms with Gasteiger partial charge in [0.1, 0.15) is 13.2 Å². The second kappa shape index (κ2) is 8.12. The molecule has 0 aromatic carbocycles. The number of likely N-dealkylation sites (N-methyl/N-ethyl adjacent to an activating group) is 1. The third-order valence-corrected chi connectivity index (χ3v) is 3.53. The van der Waals surface area contributed by atoms with E-state index in [2.05, 4.69) is 0 Å². The van der Waals surface area contributed by atoms with Crippen molar-refractivity contribution in [2.24, 2.45) is 0 Å². The van der Waals surface area contributed by atoms with Crippen molar-refractivity contribution < 1.29 is 19.1 Å². The Labute approximate surface area is 114 Å². The first-order chi connectivity index (χ1) is 9.10. The van der Waals surface area contributed by atoms with Gasteiger partial charge in [0, 0.05) is 40.4 Å². The molecule has 19 heavy (non-hydrogen) atoms. The number of nitrogens with zero attached hydrogens (tertiary/aromatic N) is 2. The summed E-state index contributed by atoms with van der Waals surface area (Å²) < 4.78 is 9.74.